The number of rotatable bonds is 6. The Labute approximate surface area is 160 Å². The first kappa shape index (κ1) is 19.2. The molecule has 0 spiro atoms. The topological polar surface area (TPSA) is 108 Å². The van der Waals surface area contributed by atoms with Crippen LogP contribution in [0.2, 0.25) is 5.02 Å². The van der Waals surface area contributed by atoms with Gasteiger partial charge in [-0.05, 0) is 31.0 Å². The molecule has 0 aliphatic carbocycles. The molecule has 0 radical (unpaired) electrons. The van der Waals surface area contributed by atoms with E-state index in [2.05, 4.69) is 20.5 Å². The Morgan fingerprint density at radius 3 is 2.77 bits per heavy atom. The Balaban J connectivity index is 1.71. The molecule has 3 rings (SSSR count). The van der Waals surface area contributed by atoms with E-state index in [4.69, 9.17) is 11.6 Å². The van der Waals surface area contributed by atoms with Gasteiger partial charge in [-0.3, -0.25) is 9.89 Å². The number of benzene rings is 1. The van der Waals surface area contributed by atoms with Crippen molar-refractivity contribution in [2.24, 2.45) is 0 Å². The van der Waals surface area contributed by atoms with Gasteiger partial charge in [0.25, 0.3) is 0 Å². The number of nitrogens with zero attached hydrogens (tertiary/aromatic N) is 3. The zero-order valence-corrected chi connectivity index (χ0v) is 16.2. The van der Waals surface area contributed by atoms with Crippen molar-refractivity contribution in [1.82, 2.24) is 19.5 Å². The summed E-state index contributed by atoms with van der Waals surface area (Å²) in [5.74, 6) is -0.165. The van der Waals surface area contributed by atoms with Crippen molar-refractivity contribution in [3.63, 3.8) is 0 Å². The number of aromatic amines is 1. The lowest BCUT2D eigenvalue weighted by atomic mass is 10.2. The van der Waals surface area contributed by atoms with Crippen molar-refractivity contribution in [2.75, 3.05) is 24.2 Å². The number of amides is 1. The third-order valence-electron chi connectivity index (χ3n) is 3.88. The minimum absolute atomic E-state index is 0.0155. The number of sulfonamides is 1. The number of carbonyl (C=O) groups is 1. The van der Waals surface area contributed by atoms with E-state index in [0.29, 0.717) is 23.9 Å². The van der Waals surface area contributed by atoms with Gasteiger partial charge in [0, 0.05) is 18.8 Å². The van der Waals surface area contributed by atoms with Gasteiger partial charge in [0.05, 0.1) is 10.8 Å². The predicted octanol–water partition coefficient (Wildman–Crippen LogP) is 2.36. The van der Waals surface area contributed by atoms with Gasteiger partial charge in [0.2, 0.25) is 15.9 Å². The normalized spacial score (nSPS) is 15.7. The van der Waals surface area contributed by atoms with E-state index in [1.54, 1.807) is 6.07 Å². The van der Waals surface area contributed by atoms with Crippen molar-refractivity contribution in [3.8, 4) is 0 Å². The molecule has 2 N–H and O–H groups in total. The van der Waals surface area contributed by atoms with Gasteiger partial charge >= 0.3 is 0 Å². The molecule has 1 aromatic heterocycles. The van der Waals surface area contributed by atoms with Gasteiger partial charge in [-0.1, -0.05) is 29.8 Å². The van der Waals surface area contributed by atoms with Crippen LogP contribution in [0.3, 0.4) is 0 Å². The van der Waals surface area contributed by atoms with E-state index in [1.165, 1.54) is 34.5 Å². The molecular weight excluding hydrogens is 398 g/mol. The summed E-state index contributed by atoms with van der Waals surface area (Å²) in [6, 6.07) is 4.47. The number of H-pyrrole nitrogens is 1. The smallest absolute Gasteiger partial charge is 0.244 e. The van der Waals surface area contributed by atoms with E-state index >= 15 is 0 Å². The van der Waals surface area contributed by atoms with E-state index in [1.807, 2.05) is 0 Å². The molecule has 1 saturated heterocycles. The third-order valence-corrected chi connectivity index (χ3v) is 7.14. The van der Waals surface area contributed by atoms with Crippen LogP contribution in [-0.2, 0) is 14.8 Å². The molecule has 1 fully saturated rings. The molecular formula is C15H18ClN5O3S2. The van der Waals surface area contributed by atoms with E-state index in [0.717, 1.165) is 19.3 Å². The van der Waals surface area contributed by atoms with Gasteiger partial charge in [-0.25, -0.2) is 13.4 Å². The lowest BCUT2D eigenvalue weighted by molar-refractivity contribution is -0.113. The minimum atomic E-state index is -3.68. The number of anilines is 1. The maximum absolute atomic E-state index is 12.8. The van der Waals surface area contributed by atoms with Crippen LogP contribution < -0.4 is 5.32 Å². The SMILES string of the molecule is O=C(CSc1ncn[nH]1)Nc1ccc(Cl)c(S(=O)(=O)N2CCCCC2)c1. The number of hydrogen-bond donors (Lipinski definition) is 2. The summed E-state index contributed by atoms with van der Waals surface area (Å²) in [4.78, 5) is 16.0. The fourth-order valence-electron chi connectivity index (χ4n) is 2.62. The number of thioether (sulfide) groups is 1. The van der Waals surface area contributed by atoms with E-state index in [9.17, 15) is 13.2 Å². The fraction of sp³-hybridized carbons (Fsp3) is 0.400. The molecule has 1 aromatic carbocycles. The first-order valence-corrected chi connectivity index (χ1v) is 10.8. The molecule has 0 atom stereocenters. The molecule has 26 heavy (non-hydrogen) atoms. The number of carbonyl (C=O) groups excluding carboxylic acids is 1. The Morgan fingerprint density at radius 1 is 1.31 bits per heavy atom. The van der Waals surface area contributed by atoms with Crippen LogP contribution in [0.5, 0.6) is 0 Å². The van der Waals surface area contributed by atoms with Gasteiger partial charge in [0.15, 0.2) is 5.16 Å². The first-order valence-electron chi connectivity index (χ1n) is 8.04. The van der Waals surface area contributed by atoms with Crippen LogP contribution in [0.1, 0.15) is 19.3 Å². The van der Waals surface area contributed by atoms with Crippen LogP contribution in [0, 0.1) is 0 Å². The Bertz CT molecular complexity index is 867. The zero-order valence-electron chi connectivity index (χ0n) is 13.8. The van der Waals surface area contributed by atoms with E-state index < -0.39 is 10.0 Å². The second kappa shape index (κ2) is 8.38. The molecule has 0 bridgehead atoms. The van der Waals surface area contributed by atoms with Crippen LogP contribution >= 0.6 is 23.4 Å². The molecule has 1 aliphatic heterocycles. The third kappa shape index (κ3) is 4.56. The average Bonchev–Trinajstić information content (AvgIpc) is 3.16. The summed E-state index contributed by atoms with van der Waals surface area (Å²) in [6.45, 7) is 0.978. The highest BCUT2D eigenvalue weighted by atomic mass is 35.5. The summed E-state index contributed by atoms with van der Waals surface area (Å²) in [5, 5.41) is 9.71. The van der Waals surface area contributed by atoms with Gasteiger partial charge in [-0.15, -0.1) is 0 Å². The summed E-state index contributed by atoms with van der Waals surface area (Å²) < 4.78 is 27.1. The molecule has 140 valence electrons. The quantitative estimate of drug-likeness (QED) is 0.701. The fourth-order valence-corrected chi connectivity index (χ4v) is 5.21. The summed E-state index contributed by atoms with van der Waals surface area (Å²) in [7, 11) is -3.68. The van der Waals surface area contributed by atoms with Gasteiger partial charge in [0.1, 0.15) is 11.2 Å². The second-order valence-corrected chi connectivity index (χ2v) is 9.02. The highest BCUT2D eigenvalue weighted by Crippen LogP contribution is 2.29. The van der Waals surface area contributed by atoms with Crippen molar-refractivity contribution >= 4 is 45.0 Å². The summed E-state index contributed by atoms with van der Waals surface area (Å²) in [5.41, 5.74) is 0.383. The van der Waals surface area contributed by atoms with Gasteiger partial charge in [-0.2, -0.15) is 9.40 Å². The molecule has 2 aromatic rings. The monoisotopic (exact) mass is 415 g/mol. The van der Waals surface area contributed by atoms with Crippen molar-refractivity contribution in [3.05, 3.63) is 29.5 Å². The maximum Gasteiger partial charge on any atom is 0.244 e. The number of halogens is 1. The highest BCUT2D eigenvalue weighted by molar-refractivity contribution is 7.99. The Morgan fingerprint density at radius 2 is 2.08 bits per heavy atom. The Hall–Kier alpha value is -1.62. The maximum atomic E-state index is 12.8. The predicted molar refractivity (Wildman–Crippen MR) is 99.8 cm³/mol. The van der Waals surface area contributed by atoms with E-state index in [-0.39, 0.29) is 21.6 Å². The molecule has 0 unspecified atom stereocenters. The lowest BCUT2D eigenvalue weighted by Gasteiger charge is -2.26. The van der Waals surface area contributed by atoms with Crippen molar-refractivity contribution in [1.29, 1.82) is 0 Å². The summed E-state index contributed by atoms with van der Waals surface area (Å²) in [6.07, 6.45) is 4.06. The Kier molecular flexibility index (Phi) is 6.17. The van der Waals surface area contributed by atoms with Crippen molar-refractivity contribution in [2.45, 2.75) is 29.3 Å². The average molecular weight is 416 g/mol. The standard InChI is InChI=1S/C15H18ClN5O3S2/c16-12-5-4-11(19-14(22)9-25-15-17-10-18-20-15)8-13(12)26(23,24)21-6-2-1-3-7-21/h4-5,8,10H,1-3,6-7,9H2,(H,19,22)(H,17,18,20). The molecule has 11 heteroatoms. The number of piperidine rings is 1. The zero-order chi connectivity index (χ0) is 18.6. The summed E-state index contributed by atoms with van der Waals surface area (Å²) >= 11 is 7.32. The molecule has 0 saturated carbocycles. The number of nitrogens with one attached hydrogen (secondary N) is 2. The molecule has 2 heterocycles. The second-order valence-electron chi connectivity index (χ2n) is 5.74. The molecule has 1 amide bonds. The molecule has 8 nitrogen and oxygen atoms in total. The molecule has 1 aliphatic rings. The van der Waals surface area contributed by atoms with Crippen LogP contribution in [0.4, 0.5) is 5.69 Å². The minimum Gasteiger partial charge on any atom is -0.325 e. The lowest BCUT2D eigenvalue weighted by Crippen LogP contribution is -2.35. The van der Waals surface area contributed by atoms with Crippen LogP contribution in [0.15, 0.2) is 34.6 Å². The largest absolute Gasteiger partial charge is 0.325 e. The van der Waals surface area contributed by atoms with Gasteiger partial charge < -0.3 is 5.32 Å². The number of aromatic nitrogens is 3. The van der Waals surface area contributed by atoms with Crippen LogP contribution in [-0.4, -0.2) is 52.7 Å². The van der Waals surface area contributed by atoms with Crippen LogP contribution in [0.25, 0.3) is 0 Å². The first-order chi connectivity index (χ1) is 12.5. The number of hydrogen-bond acceptors (Lipinski definition) is 6. The highest BCUT2D eigenvalue weighted by Gasteiger charge is 2.28. The van der Waals surface area contributed by atoms with Crippen molar-refractivity contribution < 1.29 is 13.2 Å².